The van der Waals surface area contributed by atoms with Crippen LogP contribution in [0.5, 0.6) is 0 Å². The molecule has 1 N–H and O–H groups in total. The van der Waals surface area contributed by atoms with Crippen molar-refractivity contribution < 1.29 is 9.85 Å². The Morgan fingerprint density at radius 1 is 0.821 bits per heavy atom. The maximum Gasteiger partial charge on any atom is 0.273 e. The third kappa shape index (κ3) is 2.88. The molecular weight excluding hydrogens is 358 g/mol. The number of fused-ring (bicyclic) bond motifs is 1. The van der Waals surface area contributed by atoms with E-state index >= 15 is 0 Å². The van der Waals surface area contributed by atoms with Crippen LogP contribution < -0.4 is 0 Å². The van der Waals surface area contributed by atoms with Gasteiger partial charge < -0.3 is 4.98 Å². The van der Waals surface area contributed by atoms with Gasteiger partial charge in [-0.15, -0.1) is 0 Å². The van der Waals surface area contributed by atoms with Crippen molar-refractivity contribution in [2.24, 2.45) is 0 Å². The fourth-order valence-electron chi connectivity index (χ4n) is 3.41. The smallest absolute Gasteiger partial charge is 0.273 e. The fourth-order valence-corrected chi connectivity index (χ4v) is 3.41. The molecule has 0 atom stereocenters. The lowest BCUT2D eigenvalue weighted by molar-refractivity contribution is -0.385. The van der Waals surface area contributed by atoms with Crippen molar-refractivity contribution >= 4 is 22.3 Å². The van der Waals surface area contributed by atoms with E-state index in [0.29, 0.717) is 10.9 Å². The van der Waals surface area contributed by atoms with Crippen LogP contribution in [0.4, 0.5) is 11.4 Å². The lowest BCUT2D eigenvalue weighted by atomic mass is 9.97. The number of nitro groups is 2. The molecule has 0 saturated carbocycles. The van der Waals surface area contributed by atoms with Gasteiger partial charge in [-0.2, -0.15) is 0 Å². The van der Waals surface area contributed by atoms with E-state index in [9.17, 15) is 20.2 Å². The second-order valence-corrected chi connectivity index (χ2v) is 6.49. The molecule has 0 fully saturated rings. The first-order valence-electron chi connectivity index (χ1n) is 8.56. The van der Waals surface area contributed by atoms with Gasteiger partial charge in [0.1, 0.15) is 0 Å². The topological polar surface area (TPSA) is 102 Å². The van der Waals surface area contributed by atoms with E-state index in [2.05, 4.69) is 4.98 Å². The molecule has 4 rings (SSSR count). The minimum absolute atomic E-state index is 0.00771. The summed E-state index contributed by atoms with van der Waals surface area (Å²) in [6.45, 7) is 1.70. The van der Waals surface area contributed by atoms with E-state index in [1.165, 1.54) is 12.1 Å². The largest absolute Gasteiger partial charge is 0.354 e. The molecule has 0 saturated heterocycles. The minimum Gasteiger partial charge on any atom is -0.354 e. The maximum absolute atomic E-state index is 11.4. The first kappa shape index (κ1) is 17.4. The lowest BCUT2D eigenvalue weighted by Crippen LogP contribution is -1.91. The first-order chi connectivity index (χ1) is 13.5. The number of hydrogen-bond acceptors (Lipinski definition) is 4. The van der Waals surface area contributed by atoms with Crippen molar-refractivity contribution in [1.29, 1.82) is 0 Å². The van der Waals surface area contributed by atoms with Crippen molar-refractivity contribution in [2.75, 3.05) is 0 Å². The van der Waals surface area contributed by atoms with Gasteiger partial charge in [-0.05, 0) is 36.2 Å². The molecule has 0 amide bonds. The normalized spacial score (nSPS) is 10.9. The summed E-state index contributed by atoms with van der Waals surface area (Å²) in [6.07, 6.45) is 0. The minimum atomic E-state index is -0.453. The number of rotatable bonds is 4. The highest BCUT2D eigenvalue weighted by atomic mass is 16.6. The van der Waals surface area contributed by atoms with Crippen molar-refractivity contribution in [2.45, 2.75) is 6.92 Å². The van der Waals surface area contributed by atoms with Gasteiger partial charge in [0.2, 0.25) is 0 Å². The average molecular weight is 373 g/mol. The predicted octanol–water partition coefficient (Wildman–Crippen LogP) is 5.63. The third-order valence-electron chi connectivity index (χ3n) is 4.74. The SMILES string of the molecule is Cc1cc2[nH]c(-c3ccccc3)c(-c3ccc([N+](=O)[O-])cc3)c2cc1[N+](=O)[O-]. The van der Waals surface area contributed by atoms with Gasteiger partial charge in [-0.1, -0.05) is 30.3 Å². The molecule has 0 aliphatic carbocycles. The quantitative estimate of drug-likeness (QED) is 0.370. The highest BCUT2D eigenvalue weighted by Gasteiger charge is 2.20. The summed E-state index contributed by atoms with van der Waals surface area (Å²) >= 11 is 0. The molecule has 1 heterocycles. The molecule has 0 aliphatic rings. The Bertz CT molecular complexity index is 1210. The Morgan fingerprint density at radius 2 is 1.50 bits per heavy atom. The van der Waals surface area contributed by atoms with Crippen LogP contribution >= 0.6 is 0 Å². The van der Waals surface area contributed by atoms with E-state index in [4.69, 9.17) is 0 Å². The Balaban J connectivity index is 2.04. The molecule has 0 radical (unpaired) electrons. The van der Waals surface area contributed by atoms with Gasteiger partial charge in [0.25, 0.3) is 11.4 Å². The molecule has 28 heavy (non-hydrogen) atoms. The van der Waals surface area contributed by atoms with Gasteiger partial charge in [0, 0.05) is 40.2 Å². The average Bonchev–Trinajstić information content (AvgIpc) is 3.06. The number of H-pyrrole nitrogens is 1. The van der Waals surface area contributed by atoms with E-state index in [-0.39, 0.29) is 11.4 Å². The molecule has 0 bridgehead atoms. The van der Waals surface area contributed by atoms with Crippen molar-refractivity contribution in [3.05, 3.63) is 92.5 Å². The molecule has 3 aromatic carbocycles. The third-order valence-corrected chi connectivity index (χ3v) is 4.74. The molecule has 0 spiro atoms. The molecule has 0 aliphatic heterocycles. The zero-order chi connectivity index (χ0) is 19.8. The number of nitro benzene ring substituents is 2. The first-order valence-corrected chi connectivity index (χ1v) is 8.56. The second kappa shape index (κ2) is 6.62. The van der Waals surface area contributed by atoms with Gasteiger partial charge in [0.05, 0.1) is 15.5 Å². The zero-order valence-corrected chi connectivity index (χ0v) is 14.9. The van der Waals surface area contributed by atoms with Crippen LogP contribution in [0.2, 0.25) is 0 Å². The number of aromatic nitrogens is 1. The summed E-state index contributed by atoms with van der Waals surface area (Å²) in [5.41, 5.74) is 4.62. The van der Waals surface area contributed by atoms with Gasteiger partial charge in [-0.25, -0.2) is 0 Å². The molecule has 7 heteroatoms. The second-order valence-electron chi connectivity index (χ2n) is 6.49. The van der Waals surface area contributed by atoms with Crippen LogP contribution in [-0.4, -0.2) is 14.8 Å². The van der Waals surface area contributed by atoms with Crippen LogP contribution in [-0.2, 0) is 0 Å². The van der Waals surface area contributed by atoms with E-state index < -0.39 is 9.85 Å². The van der Waals surface area contributed by atoms with Crippen LogP contribution in [0.1, 0.15) is 5.56 Å². The number of nitrogens with one attached hydrogen (secondary N) is 1. The van der Waals surface area contributed by atoms with Crippen LogP contribution in [0.25, 0.3) is 33.3 Å². The Kier molecular flexibility index (Phi) is 4.12. The Hall–Kier alpha value is -4.00. The standard InChI is InChI=1S/C21H15N3O4/c1-13-11-18-17(12-19(13)24(27)28)20(14-7-9-16(10-8-14)23(25)26)21(22-18)15-5-3-2-4-6-15/h2-12,22H,1H3. The van der Waals surface area contributed by atoms with E-state index in [0.717, 1.165) is 27.9 Å². The summed E-state index contributed by atoms with van der Waals surface area (Å²) in [5, 5.41) is 23.1. The number of hydrogen-bond donors (Lipinski definition) is 1. The van der Waals surface area contributed by atoms with Crippen LogP contribution in [0.3, 0.4) is 0 Å². The highest BCUT2D eigenvalue weighted by Crippen LogP contribution is 2.40. The molecule has 7 nitrogen and oxygen atoms in total. The lowest BCUT2D eigenvalue weighted by Gasteiger charge is -2.06. The molecule has 0 unspecified atom stereocenters. The van der Waals surface area contributed by atoms with Gasteiger partial charge >= 0.3 is 0 Å². The summed E-state index contributed by atoms with van der Waals surface area (Å²) in [6, 6.07) is 19.1. The number of non-ortho nitro benzene ring substituents is 1. The van der Waals surface area contributed by atoms with E-state index in [1.807, 2.05) is 30.3 Å². The fraction of sp³-hybridized carbons (Fsp3) is 0.0476. The predicted molar refractivity (Wildman–Crippen MR) is 107 cm³/mol. The maximum atomic E-state index is 11.4. The summed E-state index contributed by atoms with van der Waals surface area (Å²) in [7, 11) is 0. The highest BCUT2D eigenvalue weighted by molar-refractivity contribution is 6.05. The zero-order valence-electron chi connectivity index (χ0n) is 14.9. The van der Waals surface area contributed by atoms with Crippen LogP contribution in [0.15, 0.2) is 66.7 Å². The summed E-state index contributed by atoms with van der Waals surface area (Å²) in [5.74, 6) is 0. The Labute approximate surface area is 159 Å². The van der Waals surface area contributed by atoms with Crippen LogP contribution in [0, 0.1) is 27.2 Å². The molecule has 138 valence electrons. The number of nitrogens with zero attached hydrogens (tertiary/aromatic N) is 2. The summed E-state index contributed by atoms with van der Waals surface area (Å²) < 4.78 is 0. The number of aryl methyl sites for hydroxylation is 1. The summed E-state index contributed by atoms with van der Waals surface area (Å²) in [4.78, 5) is 24.9. The Morgan fingerprint density at radius 3 is 2.11 bits per heavy atom. The van der Waals surface area contributed by atoms with Gasteiger partial charge in [-0.3, -0.25) is 20.2 Å². The number of aromatic amines is 1. The molecule has 4 aromatic rings. The monoisotopic (exact) mass is 373 g/mol. The molecule has 1 aromatic heterocycles. The van der Waals surface area contributed by atoms with E-state index in [1.54, 1.807) is 31.2 Å². The van der Waals surface area contributed by atoms with Crippen molar-refractivity contribution in [3.8, 4) is 22.4 Å². The molecular formula is C21H15N3O4. The van der Waals surface area contributed by atoms with Crippen molar-refractivity contribution in [3.63, 3.8) is 0 Å². The van der Waals surface area contributed by atoms with Gasteiger partial charge in [0.15, 0.2) is 0 Å². The van der Waals surface area contributed by atoms with Crippen molar-refractivity contribution in [1.82, 2.24) is 4.98 Å². The number of benzene rings is 3.